The van der Waals surface area contributed by atoms with E-state index in [1.807, 2.05) is 30.3 Å². The number of hydrogen-bond acceptors (Lipinski definition) is 2. The van der Waals surface area contributed by atoms with Gasteiger partial charge in [0.15, 0.2) is 0 Å². The van der Waals surface area contributed by atoms with Crippen LogP contribution < -0.4 is 5.73 Å². The fourth-order valence-corrected chi connectivity index (χ4v) is 2.78. The van der Waals surface area contributed by atoms with Gasteiger partial charge in [0, 0.05) is 22.2 Å². The molecule has 2 rings (SSSR count). The van der Waals surface area contributed by atoms with E-state index in [9.17, 15) is 4.39 Å². The molecule has 4 heteroatoms. The highest BCUT2D eigenvalue weighted by molar-refractivity contribution is 7.98. The summed E-state index contributed by atoms with van der Waals surface area (Å²) in [6.07, 6.45) is 0. The lowest BCUT2D eigenvalue weighted by atomic mass is 10.2. The van der Waals surface area contributed by atoms with Gasteiger partial charge in [0.25, 0.3) is 0 Å². The van der Waals surface area contributed by atoms with Crippen molar-refractivity contribution in [3.63, 3.8) is 0 Å². The molecule has 0 unspecified atom stereocenters. The Labute approximate surface area is 115 Å². The van der Waals surface area contributed by atoms with E-state index >= 15 is 0 Å². The molecule has 2 N–H and O–H groups in total. The number of benzene rings is 2. The number of thioether (sulfide) groups is 1. The Kier molecular flexibility index (Phi) is 4.64. The number of hydrogen-bond donors (Lipinski definition) is 1. The predicted molar refractivity (Wildman–Crippen MR) is 75.3 cm³/mol. The molecule has 0 atom stereocenters. The average molecular weight is 282 g/mol. The fourth-order valence-electron chi connectivity index (χ4n) is 1.61. The molecule has 0 radical (unpaired) electrons. The lowest BCUT2D eigenvalue weighted by Gasteiger charge is -2.08. The van der Waals surface area contributed by atoms with E-state index < -0.39 is 0 Å². The van der Waals surface area contributed by atoms with Crippen LogP contribution >= 0.6 is 23.4 Å². The van der Waals surface area contributed by atoms with Crippen molar-refractivity contribution in [3.8, 4) is 0 Å². The maximum atomic E-state index is 13.7. The van der Waals surface area contributed by atoms with E-state index in [0.29, 0.717) is 22.2 Å². The lowest BCUT2D eigenvalue weighted by molar-refractivity contribution is 0.597. The predicted octanol–water partition coefficient (Wildman–Crippen LogP) is 4.23. The Hall–Kier alpha value is -1.03. The highest BCUT2D eigenvalue weighted by Crippen LogP contribution is 2.29. The van der Waals surface area contributed by atoms with Crippen molar-refractivity contribution < 1.29 is 4.39 Å². The van der Waals surface area contributed by atoms with Gasteiger partial charge in [-0.25, -0.2) is 4.39 Å². The van der Waals surface area contributed by atoms with E-state index in [-0.39, 0.29) is 5.82 Å². The van der Waals surface area contributed by atoms with Gasteiger partial charge in [0.1, 0.15) is 5.82 Å². The fraction of sp³-hybridized carbons (Fsp3) is 0.143. The molecule has 94 valence electrons. The molecule has 0 aliphatic rings. The summed E-state index contributed by atoms with van der Waals surface area (Å²) in [6.45, 7) is 0.348. The summed E-state index contributed by atoms with van der Waals surface area (Å²) in [5, 5.41) is 0.706. The van der Waals surface area contributed by atoms with Gasteiger partial charge in [-0.1, -0.05) is 35.9 Å². The summed E-state index contributed by atoms with van der Waals surface area (Å²) >= 11 is 7.28. The summed E-state index contributed by atoms with van der Waals surface area (Å²) in [7, 11) is 0. The van der Waals surface area contributed by atoms with Crippen molar-refractivity contribution >= 4 is 23.4 Å². The zero-order chi connectivity index (χ0) is 13.0. The molecule has 0 fully saturated rings. The van der Waals surface area contributed by atoms with Gasteiger partial charge in [0.05, 0.1) is 0 Å². The van der Waals surface area contributed by atoms with E-state index in [2.05, 4.69) is 0 Å². The third-order valence-corrected chi connectivity index (χ3v) is 4.04. The number of halogens is 2. The normalized spacial score (nSPS) is 10.6. The second-order valence-corrected chi connectivity index (χ2v) is 5.27. The second kappa shape index (κ2) is 6.23. The van der Waals surface area contributed by atoms with Crippen LogP contribution in [0.15, 0.2) is 47.4 Å². The van der Waals surface area contributed by atoms with E-state index in [0.717, 1.165) is 11.1 Å². The van der Waals surface area contributed by atoms with Crippen molar-refractivity contribution in [3.05, 3.63) is 64.4 Å². The highest BCUT2D eigenvalue weighted by atomic mass is 35.5. The first-order valence-corrected chi connectivity index (χ1v) is 6.92. The molecule has 18 heavy (non-hydrogen) atoms. The molecule has 0 aliphatic carbocycles. The molecular weight excluding hydrogens is 269 g/mol. The minimum absolute atomic E-state index is 0.211. The minimum atomic E-state index is -0.211. The maximum Gasteiger partial charge on any atom is 0.137 e. The van der Waals surface area contributed by atoms with Gasteiger partial charge in [-0.15, -0.1) is 11.8 Å². The van der Waals surface area contributed by atoms with Crippen molar-refractivity contribution in [2.45, 2.75) is 17.2 Å². The monoisotopic (exact) mass is 281 g/mol. The number of nitrogens with two attached hydrogens (primary N) is 1. The van der Waals surface area contributed by atoms with Gasteiger partial charge >= 0.3 is 0 Å². The largest absolute Gasteiger partial charge is 0.326 e. The van der Waals surface area contributed by atoms with Gasteiger partial charge in [-0.3, -0.25) is 0 Å². The van der Waals surface area contributed by atoms with Gasteiger partial charge < -0.3 is 5.73 Å². The average Bonchev–Trinajstić information content (AvgIpc) is 2.39. The van der Waals surface area contributed by atoms with Crippen molar-refractivity contribution in [1.29, 1.82) is 0 Å². The summed E-state index contributed by atoms with van der Waals surface area (Å²) in [5.74, 6) is 0.488. The molecule has 0 spiro atoms. The molecule has 0 amide bonds. The molecule has 0 heterocycles. The standard InChI is InChI=1S/C14H13ClFNS/c15-12-6-4-10(5-7-12)9-18-14-11(8-17)2-1-3-13(14)16/h1-7H,8-9,17H2. The molecule has 2 aromatic rings. The zero-order valence-electron chi connectivity index (χ0n) is 9.70. The summed E-state index contributed by atoms with van der Waals surface area (Å²) in [5.41, 5.74) is 7.56. The highest BCUT2D eigenvalue weighted by Gasteiger charge is 2.08. The quantitative estimate of drug-likeness (QED) is 0.849. The van der Waals surface area contributed by atoms with Crippen LogP contribution in [0.5, 0.6) is 0 Å². The van der Waals surface area contributed by atoms with Crippen LogP contribution in [0, 0.1) is 5.82 Å². The Balaban J connectivity index is 2.12. The topological polar surface area (TPSA) is 26.0 Å². The molecule has 0 bridgehead atoms. The van der Waals surface area contributed by atoms with Gasteiger partial charge in [-0.05, 0) is 29.3 Å². The first kappa shape index (κ1) is 13.4. The molecule has 0 saturated heterocycles. The minimum Gasteiger partial charge on any atom is -0.326 e. The van der Waals surface area contributed by atoms with E-state index in [1.54, 1.807) is 6.07 Å². The van der Waals surface area contributed by atoms with Crippen LogP contribution in [0.4, 0.5) is 4.39 Å². The van der Waals surface area contributed by atoms with E-state index in [1.165, 1.54) is 17.8 Å². The molecule has 0 saturated carbocycles. The molecule has 0 aliphatic heterocycles. The third-order valence-electron chi connectivity index (χ3n) is 2.56. The first-order chi connectivity index (χ1) is 8.70. The first-order valence-electron chi connectivity index (χ1n) is 5.55. The van der Waals surface area contributed by atoms with Gasteiger partial charge in [-0.2, -0.15) is 0 Å². The summed E-state index contributed by atoms with van der Waals surface area (Å²) in [6, 6.07) is 12.6. The Morgan fingerprint density at radius 2 is 1.83 bits per heavy atom. The molecule has 2 aromatic carbocycles. The Bertz CT molecular complexity index is 528. The number of rotatable bonds is 4. The smallest absolute Gasteiger partial charge is 0.137 e. The SMILES string of the molecule is NCc1cccc(F)c1SCc1ccc(Cl)cc1. The Morgan fingerprint density at radius 1 is 1.11 bits per heavy atom. The molecule has 1 nitrogen and oxygen atoms in total. The van der Waals surface area contributed by atoms with Crippen LogP contribution in [0.2, 0.25) is 5.02 Å². The van der Waals surface area contributed by atoms with Crippen molar-refractivity contribution in [1.82, 2.24) is 0 Å². The van der Waals surface area contributed by atoms with Crippen LogP contribution in [-0.4, -0.2) is 0 Å². The summed E-state index contributed by atoms with van der Waals surface area (Å²) < 4.78 is 13.7. The Morgan fingerprint density at radius 3 is 2.50 bits per heavy atom. The lowest BCUT2D eigenvalue weighted by Crippen LogP contribution is -2.00. The van der Waals surface area contributed by atoms with Gasteiger partial charge in [0.2, 0.25) is 0 Å². The molecule has 0 aromatic heterocycles. The zero-order valence-corrected chi connectivity index (χ0v) is 11.3. The van der Waals surface area contributed by atoms with Crippen molar-refractivity contribution in [2.75, 3.05) is 0 Å². The second-order valence-electron chi connectivity index (χ2n) is 3.85. The third kappa shape index (κ3) is 3.25. The van der Waals surface area contributed by atoms with Crippen LogP contribution in [0.25, 0.3) is 0 Å². The summed E-state index contributed by atoms with van der Waals surface area (Å²) in [4.78, 5) is 0.634. The maximum absolute atomic E-state index is 13.7. The van der Waals surface area contributed by atoms with Crippen LogP contribution in [0.3, 0.4) is 0 Å². The van der Waals surface area contributed by atoms with E-state index in [4.69, 9.17) is 17.3 Å². The van der Waals surface area contributed by atoms with Crippen molar-refractivity contribution in [2.24, 2.45) is 5.73 Å². The van der Waals surface area contributed by atoms with Crippen LogP contribution in [-0.2, 0) is 12.3 Å². The molecular formula is C14H13ClFNS. The van der Waals surface area contributed by atoms with Crippen LogP contribution in [0.1, 0.15) is 11.1 Å².